The second kappa shape index (κ2) is 7.22. The summed E-state index contributed by atoms with van der Waals surface area (Å²) in [6, 6.07) is -0.139. The van der Waals surface area contributed by atoms with Crippen LogP contribution in [0.4, 0.5) is 9.18 Å². The normalized spacial score (nSPS) is 14.7. The van der Waals surface area contributed by atoms with Gasteiger partial charge in [-0.1, -0.05) is 13.8 Å². The number of amides is 2. The van der Waals surface area contributed by atoms with Crippen LogP contribution in [0, 0.1) is 12.8 Å². The fraction of sp³-hybridized carbons (Fsp3) is 0.588. The van der Waals surface area contributed by atoms with E-state index in [9.17, 15) is 18.8 Å². The molecule has 1 aliphatic heterocycles. The number of fused-ring (bicyclic) bond motifs is 1. The second-order valence-electron chi connectivity index (χ2n) is 6.92. The number of rotatable bonds is 6. The Bertz CT molecular complexity index is 960. The Morgan fingerprint density at radius 1 is 1.23 bits per heavy atom. The van der Waals surface area contributed by atoms with Crippen molar-refractivity contribution >= 4 is 27.6 Å². The van der Waals surface area contributed by atoms with E-state index in [1.54, 1.807) is 4.90 Å². The van der Waals surface area contributed by atoms with Gasteiger partial charge in [0.1, 0.15) is 11.5 Å². The molecule has 0 saturated carbocycles. The first kappa shape index (κ1) is 18.6. The first-order valence-electron chi connectivity index (χ1n) is 8.69. The van der Waals surface area contributed by atoms with Gasteiger partial charge in [0, 0.05) is 24.5 Å². The van der Waals surface area contributed by atoms with E-state index in [1.165, 1.54) is 20.5 Å². The number of urea groups is 1. The minimum Gasteiger partial charge on any atom is -0.336 e. The quantitative estimate of drug-likeness (QED) is 0.826. The largest absolute Gasteiger partial charge is 0.336 e. The number of halogens is 1. The molecule has 0 spiro atoms. The maximum Gasteiger partial charge on any atom is 0.332 e. The van der Waals surface area contributed by atoms with Crippen molar-refractivity contribution < 1.29 is 9.18 Å². The molecule has 1 aliphatic rings. The van der Waals surface area contributed by atoms with Gasteiger partial charge in [-0.25, -0.2) is 14.0 Å². The highest BCUT2D eigenvalue weighted by atomic mass is 32.1. The van der Waals surface area contributed by atoms with Crippen LogP contribution in [0.3, 0.4) is 0 Å². The average molecular weight is 382 g/mol. The number of carbonyl (C=O) groups excluding carboxylic acids is 1. The van der Waals surface area contributed by atoms with Gasteiger partial charge in [0.2, 0.25) is 0 Å². The Hall–Kier alpha value is -2.16. The standard InChI is InChI=1S/C17H23FN4O3S/c1-10(2)8-22-14(23)13-11(3)12(9-20-7-5-19-16(20)24)26-15(13)21(6-4-18)17(22)25/h10H,4-9H2,1-3H3,(H,19,24). The molecule has 2 aromatic heterocycles. The molecule has 142 valence electrons. The highest BCUT2D eigenvalue weighted by Gasteiger charge is 2.24. The van der Waals surface area contributed by atoms with Crippen molar-refractivity contribution in [1.29, 1.82) is 0 Å². The summed E-state index contributed by atoms with van der Waals surface area (Å²) in [5.41, 5.74) is -0.0416. The van der Waals surface area contributed by atoms with E-state index in [0.717, 1.165) is 10.4 Å². The van der Waals surface area contributed by atoms with Crippen LogP contribution in [0.15, 0.2) is 9.59 Å². The molecule has 3 rings (SSSR count). The van der Waals surface area contributed by atoms with E-state index in [1.807, 2.05) is 20.8 Å². The summed E-state index contributed by atoms with van der Waals surface area (Å²) in [4.78, 5) is 40.5. The molecule has 1 fully saturated rings. The molecule has 1 saturated heterocycles. The van der Waals surface area contributed by atoms with Crippen molar-refractivity contribution in [2.45, 2.75) is 40.4 Å². The monoisotopic (exact) mass is 382 g/mol. The Kier molecular flexibility index (Phi) is 5.17. The zero-order chi connectivity index (χ0) is 19.0. The van der Waals surface area contributed by atoms with Crippen LogP contribution in [-0.4, -0.2) is 39.8 Å². The summed E-state index contributed by atoms with van der Waals surface area (Å²) < 4.78 is 15.6. The van der Waals surface area contributed by atoms with Crippen molar-refractivity contribution in [3.63, 3.8) is 0 Å². The molecule has 26 heavy (non-hydrogen) atoms. The number of thiophene rings is 1. The Morgan fingerprint density at radius 3 is 2.54 bits per heavy atom. The number of aromatic nitrogens is 2. The van der Waals surface area contributed by atoms with Gasteiger partial charge in [0.15, 0.2) is 0 Å². The van der Waals surface area contributed by atoms with Crippen molar-refractivity contribution in [2.24, 2.45) is 5.92 Å². The lowest BCUT2D eigenvalue weighted by Crippen LogP contribution is -2.41. The molecule has 0 atom stereocenters. The van der Waals surface area contributed by atoms with Crippen LogP contribution in [0.25, 0.3) is 10.2 Å². The van der Waals surface area contributed by atoms with Crippen molar-refractivity contribution in [3.05, 3.63) is 31.3 Å². The summed E-state index contributed by atoms with van der Waals surface area (Å²) in [5.74, 6) is 0.114. The highest BCUT2D eigenvalue weighted by Crippen LogP contribution is 2.29. The smallest absolute Gasteiger partial charge is 0.332 e. The molecule has 7 nitrogen and oxygen atoms in total. The number of alkyl halides is 1. The first-order chi connectivity index (χ1) is 12.3. The molecular formula is C17H23FN4O3S. The lowest BCUT2D eigenvalue weighted by Gasteiger charge is -2.13. The van der Waals surface area contributed by atoms with Gasteiger partial charge in [-0.05, 0) is 18.4 Å². The van der Waals surface area contributed by atoms with E-state index in [4.69, 9.17) is 0 Å². The minimum absolute atomic E-state index is 0.0860. The van der Waals surface area contributed by atoms with E-state index in [2.05, 4.69) is 5.32 Å². The van der Waals surface area contributed by atoms with Crippen molar-refractivity contribution in [2.75, 3.05) is 19.8 Å². The lowest BCUT2D eigenvalue weighted by atomic mass is 10.2. The maximum absolute atomic E-state index is 13.1. The number of nitrogens with zero attached hydrogens (tertiary/aromatic N) is 3. The summed E-state index contributed by atoms with van der Waals surface area (Å²) in [6.45, 7) is 6.77. The molecule has 9 heteroatoms. The van der Waals surface area contributed by atoms with Gasteiger partial charge in [-0.3, -0.25) is 13.9 Å². The van der Waals surface area contributed by atoms with Crippen LogP contribution < -0.4 is 16.6 Å². The number of hydrogen-bond acceptors (Lipinski definition) is 4. The first-order valence-corrected chi connectivity index (χ1v) is 9.51. The highest BCUT2D eigenvalue weighted by molar-refractivity contribution is 7.18. The summed E-state index contributed by atoms with van der Waals surface area (Å²) in [6.07, 6.45) is 0. The second-order valence-corrected chi connectivity index (χ2v) is 8.00. The van der Waals surface area contributed by atoms with E-state index < -0.39 is 12.4 Å². The van der Waals surface area contributed by atoms with Crippen molar-refractivity contribution in [1.82, 2.24) is 19.4 Å². The fourth-order valence-corrected chi connectivity index (χ4v) is 4.57. The summed E-state index contributed by atoms with van der Waals surface area (Å²) >= 11 is 1.30. The third kappa shape index (κ3) is 3.15. The Morgan fingerprint density at radius 2 is 1.96 bits per heavy atom. The number of nitrogens with one attached hydrogen (secondary N) is 1. The molecule has 0 radical (unpaired) electrons. The summed E-state index contributed by atoms with van der Waals surface area (Å²) in [7, 11) is 0. The minimum atomic E-state index is -0.685. The Labute approximate surface area is 154 Å². The van der Waals surface area contributed by atoms with Crippen molar-refractivity contribution in [3.8, 4) is 0 Å². The van der Waals surface area contributed by atoms with Crippen LogP contribution in [0.5, 0.6) is 0 Å². The SMILES string of the molecule is Cc1c(CN2CCNC2=O)sc2c1c(=O)n(CC(C)C)c(=O)n2CCF. The average Bonchev–Trinajstić information content (AvgIpc) is 3.12. The zero-order valence-corrected chi connectivity index (χ0v) is 16.0. The molecule has 0 bridgehead atoms. The lowest BCUT2D eigenvalue weighted by molar-refractivity contribution is 0.216. The molecule has 1 N–H and O–H groups in total. The van der Waals surface area contributed by atoms with Crippen LogP contribution in [0.1, 0.15) is 24.3 Å². The van der Waals surface area contributed by atoms with Gasteiger partial charge in [0.05, 0.1) is 18.5 Å². The molecule has 2 aromatic rings. The van der Waals surface area contributed by atoms with Crippen LogP contribution in [-0.2, 0) is 19.6 Å². The van der Waals surface area contributed by atoms with Gasteiger partial charge in [-0.15, -0.1) is 11.3 Å². The van der Waals surface area contributed by atoms with E-state index in [0.29, 0.717) is 36.4 Å². The third-order valence-corrected chi connectivity index (χ3v) is 5.83. The fourth-order valence-electron chi connectivity index (χ4n) is 3.23. The molecule has 2 amide bonds. The van der Waals surface area contributed by atoms with E-state index >= 15 is 0 Å². The van der Waals surface area contributed by atoms with Gasteiger partial charge in [-0.2, -0.15) is 0 Å². The van der Waals surface area contributed by atoms with Gasteiger partial charge < -0.3 is 10.2 Å². The molecule has 0 aliphatic carbocycles. The Balaban J connectivity index is 2.19. The number of hydrogen-bond donors (Lipinski definition) is 1. The number of aryl methyl sites for hydroxylation is 2. The topological polar surface area (TPSA) is 76.3 Å². The van der Waals surface area contributed by atoms with Crippen LogP contribution >= 0.6 is 11.3 Å². The third-order valence-electron chi connectivity index (χ3n) is 4.53. The molecule has 0 unspecified atom stereocenters. The van der Waals surface area contributed by atoms with Gasteiger partial charge in [0.25, 0.3) is 5.56 Å². The molecule has 3 heterocycles. The van der Waals surface area contributed by atoms with Gasteiger partial charge >= 0.3 is 11.7 Å². The van der Waals surface area contributed by atoms with Crippen LogP contribution in [0.2, 0.25) is 0 Å². The zero-order valence-electron chi connectivity index (χ0n) is 15.2. The molecule has 0 aromatic carbocycles. The maximum atomic E-state index is 13.1. The number of carbonyl (C=O) groups is 1. The van der Waals surface area contributed by atoms with E-state index in [-0.39, 0.29) is 24.1 Å². The summed E-state index contributed by atoms with van der Waals surface area (Å²) in [5, 5.41) is 3.20. The molecular weight excluding hydrogens is 359 g/mol. The predicted octanol–water partition coefficient (Wildman–Crippen LogP) is 1.68. The predicted molar refractivity (Wildman–Crippen MR) is 99.7 cm³/mol.